The van der Waals surface area contributed by atoms with Gasteiger partial charge in [0.15, 0.2) is 0 Å². The molecule has 3 heterocycles. The minimum atomic E-state index is -0.234. The predicted octanol–water partition coefficient (Wildman–Crippen LogP) is 5.45. The monoisotopic (exact) mass is 406 g/mol. The second-order valence-corrected chi connectivity index (χ2v) is 8.15. The molecule has 0 radical (unpaired) electrons. The second kappa shape index (κ2) is 6.84. The normalized spacial score (nSPS) is 19.0. The van der Waals surface area contributed by atoms with E-state index in [9.17, 15) is 0 Å². The molecule has 0 fully saturated rings. The summed E-state index contributed by atoms with van der Waals surface area (Å²) in [4.78, 5) is 4.50. The molecule has 0 bridgehead atoms. The van der Waals surface area contributed by atoms with Crippen molar-refractivity contribution in [1.82, 2.24) is 14.8 Å². The molecule has 3 aromatic carbocycles. The van der Waals surface area contributed by atoms with Gasteiger partial charge in [-0.15, -0.1) is 0 Å². The summed E-state index contributed by atoms with van der Waals surface area (Å²) in [6, 6.07) is 25.2. The van der Waals surface area contributed by atoms with Crippen LogP contribution in [0.1, 0.15) is 40.0 Å². The fourth-order valence-electron chi connectivity index (χ4n) is 4.63. The lowest BCUT2D eigenvalue weighted by atomic mass is 9.83. The Bertz CT molecular complexity index is 1320. The Kier molecular flexibility index (Phi) is 3.96. The van der Waals surface area contributed by atoms with Crippen LogP contribution in [0, 0.1) is 13.8 Å². The molecule has 6 rings (SSSR count). The fraction of sp³-hybridized carbons (Fsp3) is 0.154. The zero-order chi connectivity index (χ0) is 20.9. The van der Waals surface area contributed by atoms with E-state index in [2.05, 4.69) is 83.8 Å². The van der Waals surface area contributed by atoms with Gasteiger partial charge in [-0.25, -0.2) is 4.68 Å². The molecule has 0 amide bonds. The Morgan fingerprint density at radius 1 is 0.903 bits per heavy atom. The lowest BCUT2D eigenvalue weighted by molar-refractivity contribution is 0.222. The number of hydrogen-bond acceptors (Lipinski definition) is 4. The number of para-hydroxylation sites is 1. The lowest BCUT2D eigenvalue weighted by Gasteiger charge is -2.39. The van der Waals surface area contributed by atoms with Crippen LogP contribution in [0.5, 0.6) is 5.75 Å². The maximum atomic E-state index is 6.68. The van der Waals surface area contributed by atoms with E-state index in [1.807, 2.05) is 22.9 Å². The van der Waals surface area contributed by atoms with Crippen LogP contribution >= 0.6 is 0 Å². The molecule has 2 aliphatic heterocycles. The number of anilines is 1. The van der Waals surface area contributed by atoms with Crippen LogP contribution in [0.3, 0.4) is 0 Å². The van der Waals surface area contributed by atoms with Gasteiger partial charge >= 0.3 is 0 Å². The highest BCUT2D eigenvalue weighted by atomic mass is 16.5. The summed E-state index contributed by atoms with van der Waals surface area (Å²) >= 11 is 0. The first kappa shape index (κ1) is 18.0. The van der Waals surface area contributed by atoms with E-state index < -0.39 is 0 Å². The molecule has 5 heteroatoms. The summed E-state index contributed by atoms with van der Waals surface area (Å²) in [7, 11) is 0. The van der Waals surface area contributed by atoms with Crippen molar-refractivity contribution in [1.29, 1.82) is 0 Å². The number of rotatable bonds is 2. The molecule has 0 saturated heterocycles. The Morgan fingerprint density at radius 3 is 2.52 bits per heavy atom. The maximum absolute atomic E-state index is 6.68. The van der Waals surface area contributed by atoms with Crippen LogP contribution < -0.4 is 10.1 Å². The Balaban J connectivity index is 1.65. The summed E-state index contributed by atoms with van der Waals surface area (Å²) in [5, 5.41) is 8.14. The van der Waals surface area contributed by atoms with E-state index in [1.54, 1.807) is 6.33 Å². The molecule has 1 aromatic heterocycles. The zero-order valence-corrected chi connectivity index (χ0v) is 17.4. The molecule has 2 atom stereocenters. The topological polar surface area (TPSA) is 52.0 Å². The zero-order valence-electron chi connectivity index (χ0n) is 17.4. The van der Waals surface area contributed by atoms with Crippen LogP contribution in [-0.2, 0) is 0 Å². The number of aromatic nitrogens is 3. The van der Waals surface area contributed by atoms with Gasteiger partial charge in [-0.2, -0.15) is 10.1 Å². The van der Waals surface area contributed by atoms with Gasteiger partial charge in [0.1, 0.15) is 24.2 Å². The van der Waals surface area contributed by atoms with Crippen molar-refractivity contribution in [2.24, 2.45) is 0 Å². The van der Waals surface area contributed by atoms with Crippen molar-refractivity contribution in [2.75, 3.05) is 5.32 Å². The second-order valence-electron chi connectivity index (χ2n) is 8.15. The summed E-state index contributed by atoms with van der Waals surface area (Å²) in [6.07, 6.45) is 1.37. The first-order valence-electron chi connectivity index (χ1n) is 10.5. The molecule has 152 valence electrons. The molecular formula is C26H22N4O. The van der Waals surface area contributed by atoms with Crippen LogP contribution in [0.25, 0.3) is 5.70 Å². The van der Waals surface area contributed by atoms with Gasteiger partial charge in [0.05, 0.1) is 5.70 Å². The van der Waals surface area contributed by atoms with E-state index in [-0.39, 0.29) is 12.1 Å². The van der Waals surface area contributed by atoms with E-state index in [4.69, 9.17) is 4.74 Å². The minimum absolute atomic E-state index is 0.118. The summed E-state index contributed by atoms with van der Waals surface area (Å²) < 4.78 is 8.64. The van der Waals surface area contributed by atoms with Gasteiger partial charge in [-0.3, -0.25) is 0 Å². The largest absolute Gasteiger partial charge is 0.480 e. The highest BCUT2D eigenvalue weighted by Crippen LogP contribution is 2.50. The molecule has 2 aliphatic rings. The van der Waals surface area contributed by atoms with Gasteiger partial charge in [0.2, 0.25) is 5.95 Å². The third-order valence-electron chi connectivity index (χ3n) is 6.19. The first-order chi connectivity index (χ1) is 15.2. The van der Waals surface area contributed by atoms with Crippen molar-refractivity contribution in [3.05, 3.63) is 113 Å². The van der Waals surface area contributed by atoms with E-state index in [1.165, 1.54) is 11.1 Å². The average molecular weight is 406 g/mol. The highest BCUT2D eigenvalue weighted by Gasteiger charge is 2.41. The SMILES string of the molecule is Cc1ccc([C@@H]2C3=C(Nc4ncnn42)c2ccccc2O[C@@H]3c2ccccc2C)cc1. The number of hydrogen-bond donors (Lipinski definition) is 1. The van der Waals surface area contributed by atoms with Crippen LogP contribution in [0.15, 0.2) is 84.7 Å². The van der Waals surface area contributed by atoms with Crippen molar-refractivity contribution in [2.45, 2.75) is 26.0 Å². The molecule has 31 heavy (non-hydrogen) atoms. The Labute approximate surface area is 181 Å². The number of fused-ring (bicyclic) bond motifs is 3. The smallest absolute Gasteiger partial charge is 0.226 e. The molecule has 0 unspecified atom stereocenters. The molecule has 4 aromatic rings. The molecule has 1 N–H and O–H groups in total. The number of benzene rings is 3. The summed E-state index contributed by atoms with van der Waals surface area (Å²) in [6.45, 7) is 4.24. The average Bonchev–Trinajstić information content (AvgIpc) is 3.27. The fourth-order valence-corrected chi connectivity index (χ4v) is 4.63. The van der Waals surface area contributed by atoms with Gasteiger partial charge in [0.25, 0.3) is 0 Å². The standard InChI is InChI=1S/C26H22N4O/c1-16-11-13-18(14-12-16)24-22-23(29-26-27-15-28-30(24)26)20-9-5-6-10-21(20)31-25(22)19-8-4-3-7-17(19)2/h3-15,24-25H,1-2H3,(H,27,28,29)/t24-,25-/m1/s1. The van der Waals surface area contributed by atoms with Crippen molar-refractivity contribution < 1.29 is 4.74 Å². The molecule has 5 nitrogen and oxygen atoms in total. The number of nitrogens with one attached hydrogen (secondary N) is 1. The first-order valence-corrected chi connectivity index (χ1v) is 10.5. The van der Waals surface area contributed by atoms with Crippen LogP contribution in [0.2, 0.25) is 0 Å². The molecule has 0 spiro atoms. The van der Waals surface area contributed by atoms with E-state index in [0.29, 0.717) is 0 Å². The predicted molar refractivity (Wildman–Crippen MR) is 121 cm³/mol. The Morgan fingerprint density at radius 2 is 1.68 bits per heavy atom. The van der Waals surface area contributed by atoms with Gasteiger partial charge in [0, 0.05) is 11.1 Å². The van der Waals surface area contributed by atoms with Crippen molar-refractivity contribution >= 4 is 11.6 Å². The van der Waals surface area contributed by atoms with Crippen LogP contribution in [0.4, 0.5) is 5.95 Å². The number of aryl methyl sites for hydroxylation is 2. The lowest BCUT2D eigenvalue weighted by Crippen LogP contribution is -2.32. The van der Waals surface area contributed by atoms with Gasteiger partial charge in [-0.1, -0.05) is 66.2 Å². The molecule has 0 saturated carbocycles. The molecular weight excluding hydrogens is 384 g/mol. The van der Waals surface area contributed by atoms with Crippen LogP contribution in [-0.4, -0.2) is 14.8 Å². The molecule has 0 aliphatic carbocycles. The maximum Gasteiger partial charge on any atom is 0.226 e. The summed E-state index contributed by atoms with van der Waals surface area (Å²) in [5.74, 6) is 1.61. The quantitative estimate of drug-likeness (QED) is 0.481. The van der Waals surface area contributed by atoms with Gasteiger partial charge in [-0.05, 0) is 42.7 Å². The third-order valence-corrected chi connectivity index (χ3v) is 6.19. The van der Waals surface area contributed by atoms with Gasteiger partial charge < -0.3 is 10.1 Å². The van der Waals surface area contributed by atoms with Crippen molar-refractivity contribution in [3.8, 4) is 5.75 Å². The van der Waals surface area contributed by atoms with Crippen molar-refractivity contribution in [3.63, 3.8) is 0 Å². The summed E-state index contributed by atoms with van der Waals surface area (Å²) in [5.41, 5.74) is 8.00. The Hall–Kier alpha value is -3.86. The highest BCUT2D eigenvalue weighted by molar-refractivity contribution is 5.85. The number of ether oxygens (including phenoxy) is 1. The third kappa shape index (κ3) is 2.77. The number of nitrogens with zero attached hydrogens (tertiary/aromatic N) is 3. The van der Waals surface area contributed by atoms with E-state index >= 15 is 0 Å². The van der Waals surface area contributed by atoms with E-state index in [0.717, 1.165) is 39.7 Å². The minimum Gasteiger partial charge on any atom is -0.480 e.